The molecule has 8 heteroatoms. The minimum absolute atomic E-state index is 0. The van der Waals surface area contributed by atoms with E-state index in [1.165, 1.54) is 0 Å². The van der Waals surface area contributed by atoms with E-state index in [1.807, 2.05) is 0 Å². The zero-order chi connectivity index (χ0) is 4.50. The Morgan fingerprint density at radius 3 is 0.875 bits per heavy atom. The topological polar surface area (TPSA) is 112 Å². The van der Waals surface area contributed by atoms with Gasteiger partial charge in [-0.25, -0.2) is 0 Å². The van der Waals surface area contributed by atoms with Gasteiger partial charge in [-0.15, -0.1) is 0 Å². The summed E-state index contributed by atoms with van der Waals surface area (Å²) in [6, 6.07) is 0. The second-order valence-corrected chi connectivity index (χ2v) is 1.80. The number of hydrogen-bond acceptors (Lipinski definition) is 4. The van der Waals surface area contributed by atoms with Crippen molar-refractivity contribution in [2.24, 2.45) is 0 Å². The van der Waals surface area contributed by atoms with E-state index in [9.17, 15) is 0 Å². The molecular formula is H10AlKO5Si. The Balaban J connectivity index is -0.0000000267. The Morgan fingerprint density at radius 2 is 0.875 bits per heavy atom. The van der Waals surface area contributed by atoms with E-state index in [0.717, 1.165) is 0 Å². The molecule has 0 rings (SSSR count). The molecule has 0 fully saturated rings. The summed E-state index contributed by atoms with van der Waals surface area (Å²) in [4.78, 5) is 29.3. The fourth-order valence-corrected chi connectivity index (χ4v) is 0. The molecule has 0 aromatic heterocycles. The quantitative estimate of drug-likeness (QED) is 0.282. The molecule has 48 valence electrons. The summed E-state index contributed by atoms with van der Waals surface area (Å²) in [5.41, 5.74) is 0. The van der Waals surface area contributed by atoms with E-state index in [0.29, 0.717) is 0 Å². The fraction of sp³-hybridized carbons (Fsp3) is 0. The zero-order valence-corrected chi connectivity index (χ0v) is 3.79. The van der Waals surface area contributed by atoms with E-state index in [1.54, 1.807) is 0 Å². The summed E-state index contributed by atoms with van der Waals surface area (Å²) in [6.45, 7) is 0. The van der Waals surface area contributed by atoms with Gasteiger partial charge in [-0.05, 0) is 0 Å². The third kappa shape index (κ3) is 88.5. The van der Waals surface area contributed by atoms with Crippen LogP contribution in [-0.2, 0) is 0 Å². The van der Waals surface area contributed by atoms with E-state index in [-0.39, 0.29) is 74.2 Å². The summed E-state index contributed by atoms with van der Waals surface area (Å²) >= 11 is 0. The molecule has 0 unspecified atom stereocenters. The molecule has 0 radical (unpaired) electrons. The molecule has 0 saturated carbocycles. The van der Waals surface area contributed by atoms with E-state index >= 15 is 0 Å². The first kappa shape index (κ1) is 22.5. The van der Waals surface area contributed by atoms with Crippen LogP contribution >= 0.6 is 0 Å². The van der Waals surface area contributed by atoms with Crippen LogP contribution in [-0.4, -0.2) is 102 Å². The van der Waals surface area contributed by atoms with Gasteiger partial charge in [-0.1, -0.05) is 0 Å². The van der Waals surface area contributed by atoms with Crippen LogP contribution in [0.2, 0.25) is 0 Å². The molecule has 8 heavy (non-hydrogen) atoms. The predicted molar refractivity (Wildman–Crippen MR) is 35.3 cm³/mol. The van der Waals surface area contributed by atoms with Crippen molar-refractivity contribution >= 4 is 77.8 Å². The van der Waals surface area contributed by atoms with Crippen molar-refractivity contribution in [1.82, 2.24) is 0 Å². The molecule has 0 aromatic carbocycles. The maximum absolute atomic E-state index is 7.33. The first-order chi connectivity index (χ1) is 2.00. The summed E-state index contributed by atoms with van der Waals surface area (Å²) < 4.78 is 0. The van der Waals surface area contributed by atoms with Crippen LogP contribution in [0.1, 0.15) is 0 Å². The first-order valence-corrected chi connectivity index (χ1v) is 2.68. The monoisotopic (exact) mass is 184 g/mol. The van der Waals surface area contributed by atoms with Gasteiger partial charge in [-0.2, -0.15) is 0 Å². The van der Waals surface area contributed by atoms with Crippen molar-refractivity contribution in [2.45, 2.75) is 0 Å². The van der Waals surface area contributed by atoms with Crippen LogP contribution < -0.4 is 0 Å². The van der Waals surface area contributed by atoms with Crippen LogP contribution in [0.5, 0.6) is 0 Å². The molecule has 0 saturated heterocycles. The SMILES string of the molecule is O.O[Si](O)(O)O.[AlH3].[KH]. The zero-order valence-electron chi connectivity index (χ0n) is 2.79. The molecular weight excluding hydrogens is 174 g/mol. The van der Waals surface area contributed by atoms with Crippen molar-refractivity contribution in [3.8, 4) is 0 Å². The van der Waals surface area contributed by atoms with Gasteiger partial charge in [-0.3, -0.25) is 0 Å². The summed E-state index contributed by atoms with van der Waals surface area (Å²) in [5, 5.41) is 0. The summed E-state index contributed by atoms with van der Waals surface area (Å²) in [6.07, 6.45) is 0. The molecule has 0 amide bonds. The van der Waals surface area contributed by atoms with Gasteiger partial charge in [0.15, 0.2) is 17.4 Å². The second-order valence-electron chi connectivity index (χ2n) is 0.600. The van der Waals surface area contributed by atoms with E-state index in [4.69, 9.17) is 19.2 Å². The van der Waals surface area contributed by atoms with Crippen molar-refractivity contribution in [3.05, 3.63) is 0 Å². The Bertz CT molecular complexity index is 27.9. The Morgan fingerprint density at radius 1 is 0.875 bits per heavy atom. The molecule has 0 aromatic rings. The van der Waals surface area contributed by atoms with Gasteiger partial charge in [0.1, 0.15) is 0 Å². The number of hydrogen-bond donors (Lipinski definition) is 4. The Hall–Kier alpha value is 2.19. The van der Waals surface area contributed by atoms with Crippen molar-refractivity contribution in [1.29, 1.82) is 0 Å². The van der Waals surface area contributed by atoms with Crippen LogP contribution in [0.3, 0.4) is 0 Å². The average Bonchev–Trinajstić information content (AvgIpc) is 0.722. The molecule has 5 nitrogen and oxygen atoms in total. The van der Waals surface area contributed by atoms with Crippen molar-refractivity contribution in [3.63, 3.8) is 0 Å². The summed E-state index contributed by atoms with van der Waals surface area (Å²) in [7, 11) is -4.61. The van der Waals surface area contributed by atoms with Crippen LogP contribution in [0, 0.1) is 0 Å². The first-order valence-electron chi connectivity index (χ1n) is 0.894. The minimum atomic E-state index is -4.61. The van der Waals surface area contributed by atoms with Gasteiger partial charge in [0, 0.05) is 0 Å². The third-order valence-electron chi connectivity index (χ3n) is 0. The predicted octanol–water partition coefficient (Wildman–Crippen LogP) is -5.27. The summed E-state index contributed by atoms with van der Waals surface area (Å²) in [5.74, 6) is 0. The van der Waals surface area contributed by atoms with Gasteiger partial charge in [0.2, 0.25) is 0 Å². The molecule has 0 aliphatic rings. The van der Waals surface area contributed by atoms with E-state index < -0.39 is 9.05 Å². The van der Waals surface area contributed by atoms with Crippen LogP contribution in [0.15, 0.2) is 0 Å². The standard InChI is InChI=1S/Al.K.H4O4Si.H2O.4H/c;;1-5(2,3)4;;;;;/h;;1-4H;1H2;;;;. The normalized spacial score (nSPS) is 7.50. The van der Waals surface area contributed by atoms with Gasteiger partial charge in [0.25, 0.3) is 0 Å². The molecule has 6 N–H and O–H groups in total. The Kier molecular flexibility index (Phi) is 25.8. The molecule has 0 aliphatic heterocycles. The van der Waals surface area contributed by atoms with Crippen molar-refractivity contribution < 1.29 is 24.7 Å². The van der Waals surface area contributed by atoms with Crippen LogP contribution in [0.4, 0.5) is 0 Å². The molecule has 0 heterocycles. The third-order valence-corrected chi connectivity index (χ3v) is 0. The van der Waals surface area contributed by atoms with Gasteiger partial charge < -0.3 is 24.7 Å². The maximum atomic E-state index is 7.33. The van der Waals surface area contributed by atoms with Gasteiger partial charge >= 0.3 is 60.4 Å². The molecule has 0 spiro atoms. The molecule has 0 bridgehead atoms. The average molecular weight is 184 g/mol. The Labute approximate surface area is 101 Å². The number of rotatable bonds is 0. The second kappa shape index (κ2) is 9.19. The van der Waals surface area contributed by atoms with Gasteiger partial charge in [0.05, 0.1) is 0 Å². The fourth-order valence-electron chi connectivity index (χ4n) is 0. The van der Waals surface area contributed by atoms with E-state index in [2.05, 4.69) is 0 Å². The van der Waals surface area contributed by atoms with Crippen molar-refractivity contribution in [2.75, 3.05) is 0 Å². The molecule has 0 aliphatic carbocycles. The van der Waals surface area contributed by atoms with Crippen LogP contribution in [0.25, 0.3) is 0 Å². The molecule has 0 atom stereocenters.